The number of hydrogen-bond donors (Lipinski definition) is 0. The molecule has 0 unspecified atom stereocenters. The van der Waals surface area contributed by atoms with Crippen LogP contribution in [0, 0.1) is 11.8 Å². The number of benzene rings is 1. The van der Waals surface area contributed by atoms with Crippen LogP contribution in [-0.4, -0.2) is 66.9 Å². The van der Waals surface area contributed by atoms with E-state index < -0.39 is 0 Å². The van der Waals surface area contributed by atoms with Gasteiger partial charge in [-0.25, -0.2) is 4.98 Å². The average molecular weight is 537 g/mol. The highest BCUT2D eigenvalue weighted by Gasteiger charge is 2.45. The average Bonchev–Trinajstić information content (AvgIpc) is 3.45. The zero-order chi connectivity index (χ0) is 26.7. The van der Waals surface area contributed by atoms with E-state index in [1.807, 2.05) is 12.1 Å². The summed E-state index contributed by atoms with van der Waals surface area (Å²) in [5.41, 5.74) is 1.37. The third kappa shape index (κ3) is 5.56. The van der Waals surface area contributed by atoms with Gasteiger partial charge in [0.05, 0.1) is 11.0 Å². The molecule has 204 valence electrons. The Kier molecular flexibility index (Phi) is 8.27. The number of carbonyl (C=O) groups is 2. The second-order valence-electron chi connectivity index (χ2n) is 11.8. The smallest absolute Gasteiger partial charge is 0.256 e. The summed E-state index contributed by atoms with van der Waals surface area (Å²) >= 11 is 6.35. The van der Waals surface area contributed by atoms with Gasteiger partial charge in [0, 0.05) is 40.3 Å². The third-order valence-corrected chi connectivity index (χ3v) is 9.46. The van der Waals surface area contributed by atoms with Crippen LogP contribution in [-0.2, 0) is 10.2 Å². The highest BCUT2D eigenvalue weighted by atomic mass is 35.5. The van der Waals surface area contributed by atoms with Crippen LogP contribution in [0.5, 0.6) is 0 Å². The highest BCUT2D eigenvalue weighted by molar-refractivity contribution is 6.32. The zero-order valence-corrected chi connectivity index (χ0v) is 23.6. The van der Waals surface area contributed by atoms with Gasteiger partial charge in [-0.15, -0.1) is 0 Å². The van der Waals surface area contributed by atoms with E-state index in [2.05, 4.69) is 39.0 Å². The fraction of sp³-hybridized carbons (Fsp3) is 0.581. The molecule has 0 spiro atoms. The summed E-state index contributed by atoms with van der Waals surface area (Å²) in [5.74, 6) is 2.52. The first-order valence-corrected chi connectivity index (χ1v) is 14.7. The van der Waals surface area contributed by atoms with Crippen LogP contribution in [0.4, 0.5) is 5.82 Å². The number of anilines is 1. The molecule has 0 N–H and O–H groups in total. The molecule has 2 aliphatic heterocycles. The van der Waals surface area contributed by atoms with Gasteiger partial charge in [-0.05, 0) is 74.5 Å². The van der Waals surface area contributed by atoms with Crippen molar-refractivity contribution in [3.05, 3.63) is 58.7 Å². The Morgan fingerprint density at radius 3 is 2.11 bits per heavy atom. The van der Waals surface area contributed by atoms with Crippen molar-refractivity contribution in [1.29, 1.82) is 0 Å². The Morgan fingerprint density at radius 1 is 0.921 bits per heavy atom. The predicted molar refractivity (Wildman–Crippen MR) is 153 cm³/mol. The molecule has 7 heteroatoms. The monoisotopic (exact) mass is 536 g/mol. The molecule has 6 nitrogen and oxygen atoms in total. The Bertz CT molecular complexity index is 1120. The molecule has 1 aromatic heterocycles. The number of rotatable bonds is 6. The molecule has 5 rings (SSSR count). The van der Waals surface area contributed by atoms with Gasteiger partial charge in [0.1, 0.15) is 11.0 Å². The molecule has 1 aliphatic carbocycles. The van der Waals surface area contributed by atoms with E-state index in [9.17, 15) is 9.59 Å². The quantitative estimate of drug-likeness (QED) is 0.438. The Balaban J connectivity index is 1.11. The number of hydrogen-bond acceptors (Lipinski definition) is 4. The lowest BCUT2D eigenvalue weighted by molar-refractivity contribution is -0.138. The number of aromatic nitrogens is 1. The van der Waals surface area contributed by atoms with Crippen LogP contribution >= 0.6 is 11.6 Å². The maximum atomic E-state index is 13.8. The summed E-state index contributed by atoms with van der Waals surface area (Å²) in [5, 5.41) is 0.274. The first kappa shape index (κ1) is 27.0. The minimum atomic E-state index is -0.296. The van der Waals surface area contributed by atoms with Crippen LogP contribution in [0.1, 0.15) is 73.7 Å². The molecule has 3 fully saturated rings. The van der Waals surface area contributed by atoms with Gasteiger partial charge < -0.3 is 14.7 Å². The molecule has 2 saturated heterocycles. The van der Waals surface area contributed by atoms with E-state index in [0.29, 0.717) is 23.3 Å². The van der Waals surface area contributed by atoms with Crippen LogP contribution < -0.4 is 4.90 Å². The number of nitrogens with zero attached hydrogens (tertiary/aromatic N) is 4. The van der Waals surface area contributed by atoms with Gasteiger partial charge in [-0.1, -0.05) is 54.8 Å². The second-order valence-corrected chi connectivity index (χ2v) is 12.1. The number of likely N-dealkylation sites (tertiary alicyclic amines) is 1. The van der Waals surface area contributed by atoms with Crippen LogP contribution in [0.3, 0.4) is 0 Å². The van der Waals surface area contributed by atoms with E-state index in [1.165, 1.54) is 16.9 Å². The van der Waals surface area contributed by atoms with Crippen molar-refractivity contribution < 1.29 is 9.59 Å². The van der Waals surface area contributed by atoms with Gasteiger partial charge in [0.2, 0.25) is 5.91 Å². The van der Waals surface area contributed by atoms with Crippen LogP contribution in [0.25, 0.3) is 0 Å². The molecular formula is C31H41ClN4O2. The second kappa shape index (κ2) is 11.6. The van der Waals surface area contributed by atoms with Crippen LogP contribution in [0.15, 0.2) is 42.5 Å². The fourth-order valence-electron chi connectivity index (χ4n) is 6.91. The summed E-state index contributed by atoms with van der Waals surface area (Å²) in [6, 6.07) is 14.2. The minimum Gasteiger partial charge on any atom is -0.357 e. The van der Waals surface area contributed by atoms with Gasteiger partial charge in [-0.3, -0.25) is 9.59 Å². The lowest BCUT2D eigenvalue weighted by atomic mass is 9.76. The summed E-state index contributed by atoms with van der Waals surface area (Å²) in [6.45, 7) is 3.73. The van der Waals surface area contributed by atoms with Gasteiger partial charge in [-0.2, -0.15) is 0 Å². The Labute approximate surface area is 232 Å². The van der Waals surface area contributed by atoms with Crippen molar-refractivity contribution in [2.45, 2.75) is 63.2 Å². The topological polar surface area (TPSA) is 56.8 Å². The van der Waals surface area contributed by atoms with E-state index >= 15 is 0 Å². The number of halogens is 1. The molecule has 3 aliphatic rings. The number of amides is 2. The Morgan fingerprint density at radius 2 is 1.53 bits per heavy atom. The van der Waals surface area contributed by atoms with Crippen molar-refractivity contribution in [3.8, 4) is 0 Å². The maximum absolute atomic E-state index is 13.8. The number of piperidine rings is 2. The molecule has 1 aromatic carbocycles. The highest BCUT2D eigenvalue weighted by Crippen LogP contribution is 2.43. The standard InChI is InChI=1S/C31H41ClN4O2/c1-34(2)29(37)26-10-11-27(33-28(26)32)35-18-12-23(13-19-35)22-24-14-20-36(21-15-24)30(38)31(16-6-7-17-31)25-8-4-3-5-9-25/h3-5,8-11,23-24H,6-7,12-22H2,1-2H3. The summed E-state index contributed by atoms with van der Waals surface area (Å²) in [7, 11) is 3.44. The molecule has 3 heterocycles. The van der Waals surface area contributed by atoms with Gasteiger partial charge >= 0.3 is 0 Å². The largest absolute Gasteiger partial charge is 0.357 e. The Hall–Kier alpha value is -2.60. The van der Waals surface area contributed by atoms with Crippen molar-refractivity contribution >= 4 is 29.2 Å². The first-order valence-electron chi connectivity index (χ1n) is 14.4. The molecular weight excluding hydrogens is 496 g/mol. The van der Waals surface area contributed by atoms with E-state index in [0.717, 1.165) is 83.4 Å². The molecule has 1 saturated carbocycles. The molecule has 0 bridgehead atoms. The molecule has 2 amide bonds. The molecule has 2 aromatic rings. The fourth-order valence-corrected chi connectivity index (χ4v) is 7.14. The van der Waals surface area contributed by atoms with Gasteiger partial charge in [0.25, 0.3) is 5.91 Å². The van der Waals surface area contributed by atoms with Crippen molar-refractivity contribution in [1.82, 2.24) is 14.8 Å². The minimum absolute atomic E-state index is 0.126. The summed E-state index contributed by atoms with van der Waals surface area (Å²) in [4.78, 5) is 36.6. The zero-order valence-electron chi connectivity index (χ0n) is 22.9. The van der Waals surface area contributed by atoms with Crippen molar-refractivity contribution in [3.63, 3.8) is 0 Å². The van der Waals surface area contributed by atoms with Gasteiger partial charge in [0.15, 0.2) is 0 Å². The maximum Gasteiger partial charge on any atom is 0.256 e. The molecule has 0 atom stereocenters. The lowest BCUT2D eigenvalue weighted by Crippen LogP contribution is -2.48. The van der Waals surface area contributed by atoms with Crippen molar-refractivity contribution in [2.24, 2.45) is 11.8 Å². The SMILES string of the molecule is CN(C)C(=O)c1ccc(N2CCC(CC3CCN(C(=O)C4(c5ccccc5)CCCC4)CC3)CC2)nc1Cl. The first-order chi connectivity index (χ1) is 18.4. The number of carbonyl (C=O) groups excluding carboxylic acids is 2. The number of pyridine rings is 1. The van der Waals surface area contributed by atoms with Crippen LogP contribution in [0.2, 0.25) is 5.15 Å². The summed E-state index contributed by atoms with van der Waals surface area (Å²) in [6.07, 6.45) is 10.1. The lowest BCUT2D eigenvalue weighted by Gasteiger charge is -2.40. The van der Waals surface area contributed by atoms with E-state index in [1.54, 1.807) is 20.2 Å². The van der Waals surface area contributed by atoms with Crippen molar-refractivity contribution in [2.75, 3.05) is 45.2 Å². The normalized spacial score (nSPS) is 20.5. The molecule has 0 radical (unpaired) electrons. The third-order valence-electron chi connectivity index (χ3n) is 9.17. The predicted octanol–water partition coefficient (Wildman–Crippen LogP) is 5.79. The van der Waals surface area contributed by atoms with E-state index in [-0.39, 0.29) is 16.5 Å². The molecule has 38 heavy (non-hydrogen) atoms. The summed E-state index contributed by atoms with van der Waals surface area (Å²) < 4.78 is 0. The van der Waals surface area contributed by atoms with E-state index in [4.69, 9.17) is 11.6 Å².